The zero-order valence-electron chi connectivity index (χ0n) is 11.2. The van der Waals surface area contributed by atoms with Gasteiger partial charge < -0.3 is 14.9 Å². The van der Waals surface area contributed by atoms with E-state index in [1.165, 1.54) is 0 Å². The summed E-state index contributed by atoms with van der Waals surface area (Å²) in [5.41, 5.74) is 9.65. The molecule has 0 atom stereocenters. The van der Waals surface area contributed by atoms with Crippen LogP contribution in [0.15, 0.2) is 16.5 Å². The second kappa shape index (κ2) is 4.72. The van der Waals surface area contributed by atoms with Gasteiger partial charge in [-0.05, 0) is 31.0 Å². The summed E-state index contributed by atoms with van der Waals surface area (Å²) in [4.78, 5) is 4.28. The fourth-order valence-corrected chi connectivity index (χ4v) is 2.20. The summed E-state index contributed by atoms with van der Waals surface area (Å²) in [5.74, 6) is 1.59. The zero-order valence-corrected chi connectivity index (χ0v) is 11.2. The number of hydrogen-bond acceptors (Lipinski definition) is 4. The van der Waals surface area contributed by atoms with Gasteiger partial charge >= 0.3 is 0 Å². The quantitative estimate of drug-likeness (QED) is 0.903. The summed E-state index contributed by atoms with van der Waals surface area (Å²) in [6.45, 7) is 6.09. The van der Waals surface area contributed by atoms with Gasteiger partial charge in [0.25, 0.3) is 6.01 Å². The number of nitrogens with two attached hydrogens (primary N) is 1. The van der Waals surface area contributed by atoms with E-state index in [1.54, 1.807) is 7.11 Å². The number of oxazole rings is 1. The first-order chi connectivity index (χ1) is 8.56. The molecule has 1 aromatic heterocycles. The Labute approximate surface area is 107 Å². The van der Waals surface area contributed by atoms with Crippen molar-refractivity contribution in [1.29, 1.82) is 0 Å². The van der Waals surface area contributed by atoms with E-state index < -0.39 is 0 Å². The van der Waals surface area contributed by atoms with Crippen LogP contribution in [-0.2, 0) is 6.42 Å². The Hall–Kier alpha value is -1.97. The van der Waals surface area contributed by atoms with Crippen LogP contribution in [0.5, 0.6) is 5.75 Å². The van der Waals surface area contributed by atoms with Gasteiger partial charge in [-0.3, -0.25) is 0 Å². The van der Waals surface area contributed by atoms with Gasteiger partial charge in [0.05, 0.1) is 7.11 Å². The molecule has 0 aliphatic heterocycles. The predicted octanol–water partition coefficient (Wildman–Crippen LogP) is 3.11. The smallest absolute Gasteiger partial charge is 0.292 e. The van der Waals surface area contributed by atoms with Crippen molar-refractivity contribution in [2.45, 2.75) is 27.2 Å². The Bertz CT molecular complexity index is 573. The van der Waals surface area contributed by atoms with E-state index in [0.29, 0.717) is 0 Å². The number of aromatic nitrogens is 1. The van der Waals surface area contributed by atoms with Crippen LogP contribution < -0.4 is 10.5 Å². The molecule has 0 aliphatic rings. The SMILES string of the molecule is CCc1oc(N)nc1-c1c(C)cc(C)cc1OC. The van der Waals surface area contributed by atoms with Crippen LogP contribution in [0.2, 0.25) is 0 Å². The van der Waals surface area contributed by atoms with Gasteiger partial charge in [0.15, 0.2) is 0 Å². The summed E-state index contributed by atoms with van der Waals surface area (Å²) >= 11 is 0. The lowest BCUT2D eigenvalue weighted by Gasteiger charge is -2.11. The van der Waals surface area contributed by atoms with Crippen molar-refractivity contribution >= 4 is 6.01 Å². The van der Waals surface area contributed by atoms with Crippen LogP contribution >= 0.6 is 0 Å². The largest absolute Gasteiger partial charge is 0.496 e. The van der Waals surface area contributed by atoms with Crippen molar-refractivity contribution in [3.05, 3.63) is 29.0 Å². The molecule has 0 saturated heterocycles. The lowest BCUT2D eigenvalue weighted by Crippen LogP contribution is -1.95. The number of anilines is 1. The molecule has 2 aromatic rings. The predicted molar refractivity (Wildman–Crippen MR) is 71.8 cm³/mol. The van der Waals surface area contributed by atoms with Gasteiger partial charge in [-0.25, -0.2) is 0 Å². The summed E-state index contributed by atoms with van der Waals surface area (Å²) < 4.78 is 10.9. The van der Waals surface area contributed by atoms with Crippen LogP contribution in [0.1, 0.15) is 23.8 Å². The lowest BCUT2D eigenvalue weighted by atomic mass is 10.00. The summed E-state index contributed by atoms with van der Waals surface area (Å²) in [6, 6.07) is 4.29. The molecule has 0 saturated carbocycles. The third-order valence-corrected chi connectivity index (χ3v) is 2.94. The fourth-order valence-electron chi connectivity index (χ4n) is 2.20. The Balaban J connectivity index is 2.69. The molecule has 0 radical (unpaired) electrons. The standard InChI is InChI=1S/C14H18N2O2/c1-5-10-13(16-14(15)18-10)12-9(3)6-8(2)7-11(12)17-4/h6-7H,5H2,1-4H3,(H2,15,16). The van der Waals surface area contributed by atoms with E-state index in [1.807, 2.05) is 26.8 Å². The van der Waals surface area contributed by atoms with E-state index in [-0.39, 0.29) is 6.01 Å². The highest BCUT2D eigenvalue weighted by Crippen LogP contribution is 2.36. The van der Waals surface area contributed by atoms with E-state index >= 15 is 0 Å². The maximum absolute atomic E-state index is 5.65. The normalized spacial score (nSPS) is 10.7. The molecule has 1 aromatic carbocycles. The average Bonchev–Trinajstić information content (AvgIpc) is 2.68. The Morgan fingerprint density at radius 1 is 1.33 bits per heavy atom. The molecule has 0 bridgehead atoms. The summed E-state index contributed by atoms with van der Waals surface area (Å²) in [6.07, 6.45) is 0.746. The van der Waals surface area contributed by atoms with Gasteiger partial charge in [-0.15, -0.1) is 0 Å². The first-order valence-electron chi connectivity index (χ1n) is 5.97. The monoisotopic (exact) mass is 246 g/mol. The van der Waals surface area contributed by atoms with Crippen molar-refractivity contribution in [1.82, 2.24) is 4.98 Å². The van der Waals surface area contributed by atoms with Crippen LogP contribution in [0.4, 0.5) is 6.01 Å². The maximum Gasteiger partial charge on any atom is 0.292 e. The van der Waals surface area contributed by atoms with Crippen molar-refractivity contribution in [2.75, 3.05) is 12.8 Å². The van der Waals surface area contributed by atoms with Crippen molar-refractivity contribution in [2.24, 2.45) is 0 Å². The molecule has 1 heterocycles. The Morgan fingerprint density at radius 2 is 2.06 bits per heavy atom. The number of nitrogen functional groups attached to an aromatic ring is 1. The molecular weight excluding hydrogens is 228 g/mol. The van der Waals surface area contributed by atoms with Gasteiger partial charge in [0.2, 0.25) is 0 Å². The molecule has 2 N–H and O–H groups in total. The second-order valence-electron chi connectivity index (χ2n) is 4.34. The van der Waals surface area contributed by atoms with Gasteiger partial charge in [-0.2, -0.15) is 4.98 Å². The number of methoxy groups -OCH3 is 1. The molecule has 0 fully saturated rings. The molecule has 0 spiro atoms. The van der Waals surface area contributed by atoms with Crippen LogP contribution in [-0.4, -0.2) is 12.1 Å². The number of aryl methyl sites for hydroxylation is 3. The number of nitrogens with zero attached hydrogens (tertiary/aromatic N) is 1. The highest BCUT2D eigenvalue weighted by atomic mass is 16.5. The number of hydrogen-bond donors (Lipinski definition) is 1. The number of benzene rings is 1. The molecule has 18 heavy (non-hydrogen) atoms. The van der Waals surface area contributed by atoms with Crippen LogP contribution in [0.25, 0.3) is 11.3 Å². The van der Waals surface area contributed by atoms with Crippen LogP contribution in [0, 0.1) is 13.8 Å². The van der Waals surface area contributed by atoms with E-state index in [9.17, 15) is 0 Å². The molecule has 2 rings (SSSR count). The van der Waals surface area contributed by atoms with Gasteiger partial charge in [0.1, 0.15) is 17.2 Å². The van der Waals surface area contributed by atoms with Crippen LogP contribution in [0.3, 0.4) is 0 Å². The Kier molecular flexibility index (Phi) is 3.28. The Morgan fingerprint density at radius 3 is 2.67 bits per heavy atom. The number of ether oxygens (including phenoxy) is 1. The van der Waals surface area contributed by atoms with E-state index in [4.69, 9.17) is 14.9 Å². The van der Waals surface area contributed by atoms with Crippen molar-refractivity contribution in [3.8, 4) is 17.0 Å². The molecule has 4 heteroatoms. The number of rotatable bonds is 3. The van der Waals surface area contributed by atoms with Gasteiger partial charge in [-0.1, -0.05) is 13.0 Å². The minimum absolute atomic E-state index is 0.198. The van der Waals surface area contributed by atoms with E-state index in [2.05, 4.69) is 11.1 Å². The van der Waals surface area contributed by atoms with Crippen molar-refractivity contribution in [3.63, 3.8) is 0 Å². The molecule has 96 valence electrons. The highest BCUT2D eigenvalue weighted by Gasteiger charge is 2.18. The third-order valence-electron chi connectivity index (χ3n) is 2.94. The maximum atomic E-state index is 5.65. The summed E-state index contributed by atoms with van der Waals surface area (Å²) in [5, 5.41) is 0. The third kappa shape index (κ3) is 2.06. The molecule has 0 aliphatic carbocycles. The molecule has 0 amide bonds. The molecule has 0 unspecified atom stereocenters. The second-order valence-corrected chi connectivity index (χ2v) is 4.34. The minimum Gasteiger partial charge on any atom is -0.496 e. The lowest BCUT2D eigenvalue weighted by molar-refractivity contribution is 0.415. The summed E-state index contributed by atoms with van der Waals surface area (Å²) in [7, 11) is 1.66. The van der Waals surface area contributed by atoms with Gasteiger partial charge in [0, 0.05) is 12.0 Å². The molecular formula is C14H18N2O2. The minimum atomic E-state index is 0.198. The first-order valence-corrected chi connectivity index (χ1v) is 5.97. The van der Waals surface area contributed by atoms with Crippen molar-refractivity contribution < 1.29 is 9.15 Å². The average molecular weight is 246 g/mol. The molecule has 4 nitrogen and oxygen atoms in total. The topological polar surface area (TPSA) is 61.3 Å². The highest BCUT2D eigenvalue weighted by molar-refractivity contribution is 5.73. The van der Waals surface area contributed by atoms with E-state index in [0.717, 1.165) is 40.3 Å². The zero-order chi connectivity index (χ0) is 13.3. The first kappa shape index (κ1) is 12.5. The fraction of sp³-hybridized carbons (Fsp3) is 0.357.